The molecule has 2 atom stereocenters. The van der Waals surface area contributed by atoms with Crippen molar-refractivity contribution in [3.8, 4) is 0 Å². The number of ether oxygens (including phenoxy) is 2. The summed E-state index contributed by atoms with van der Waals surface area (Å²) in [5.41, 5.74) is 0.478. The van der Waals surface area contributed by atoms with E-state index in [0.29, 0.717) is 22.1 Å². The lowest BCUT2D eigenvalue weighted by molar-refractivity contribution is -0.873. The number of hydrogen-bond donors (Lipinski definition) is 0. The number of rotatable bonds is 8. The minimum absolute atomic E-state index is 0. The minimum atomic E-state index is -0.502. The molecule has 0 saturated carbocycles. The lowest BCUT2D eigenvalue weighted by atomic mass is 10.1. The Bertz CT molecular complexity index is 585. The summed E-state index contributed by atoms with van der Waals surface area (Å²) in [6.07, 6.45) is -0.521. The fourth-order valence-electron chi connectivity index (χ4n) is 2.95. The van der Waals surface area contributed by atoms with Gasteiger partial charge in [-0.1, -0.05) is 12.1 Å². The molecule has 0 fully saturated rings. The van der Waals surface area contributed by atoms with E-state index in [0.717, 1.165) is 0 Å². The summed E-state index contributed by atoms with van der Waals surface area (Å²) >= 11 is 0. The maximum Gasteiger partial charge on any atom is 0.339 e. The highest BCUT2D eigenvalue weighted by Crippen LogP contribution is 2.15. The highest BCUT2D eigenvalue weighted by atomic mass is 127. The third kappa shape index (κ3) is 11.5. The van der Waals surface area contributed by atoms with Crippen LogP contribution in [0.4, 0.5) is 0 Å². The van der Waals surface area contributed by atoms with Gasteiger partial charge in [-0.3, -0.25) is 0 Å². The Morgan fingerprint density at radius 2 is 1.04 bits per heavy atom. The van der Waals surface area contributed by atoms with Gasteiger partial charge >= 0.3 is 11.9 Å². The van der Waals surface area contributed by atoms with Crippen LogP contribution in [0.1, 0.15) is 34.6 Å². The molecular weight excluding hydrogens is 586 g/mol. The van der Waals surface area contributed by atoms with Crippen molar-refractivity contribution in [3.05, 3.63) is 35.4 Å². The van der Waals surface area contributed by atoms with Crippen molar-refractivity contribution in [2.75, 3.05) is 55.4 Å². The van der Waals surface area contributed by atoms with E-state index < -0.39 is 11.9 Å². The molecule has 8 heteroatoms. The lowest BCUT2D eigenvalue weighted by Gasteiger charge is -2.28. The van der Waals surface area contributed by atoms with Crippen LogP contribution in [0.5, 0.6) is 0 Å². The summed E-state index contributed by atoms with van der Waals surface area (Å²) in [4.78, 5) is 25.1. The van der Waals surface area contributed by atoms with Crippen molar-refractivity contribution >= 4 is 11.9 Å². The summed E-state index contributed by atoms with van der Waals surface area (Å²) in [6, 6.07) is 6.63. The van der Waals surface area contributed by atoms with E-state index in [1.54, 1.807) is 24.3 Å². The van der Waals surface area contributed by atoms with Gasteiger partial charge in [0, 0.05) is 0 Å². The van der Waals surface area contributed by atoms with Crippen molar-refractivity contribution < 1.29 is 76.0 Å². The monoisotopic (exact) mass is 620 g/mol. The van der Waals surface area contributed by atoms with Gasteiger partial charge in [0.1, 0.15) is 25.3 Å². The van der Waals surface area contributed by atoms with Crippen LogP contribution in [0, 0.1) is 0 Å². The van der Waals surface area contributed by atoms with Gasteiger partial charge in [-0.05, 0) is 26.0 Å². The average molecular weight is 620 g/mol. The van der Waals surface area contributed by atoms with Gasteiger partial charge in [0.05, 0.1) is 53.4 Å². The molecule has 0 aliphatic rings. The molecule has 6 nitrogen and oxygen atoms in total. The normalized spacial score (nSPS) is 13.4. The van der Waals surface area contributed by atoms with E-state index in [2.05, 4.69) is 0 Å². The lowest BCUT2D eigenvalue weighted by Crippen LogP contribution is -3.00. The van der Waals surface area contributed by atoms with Crippen molar-refractivity contribution in [3.63, 3.8) is 0 Å². The highest BCUT2D eigenvalue weighted by Gasteiger charge is 2.25. The second-order valence-electron chi connectivity index (χ2n) is 8.92. The van der Waals surface area contributed by atoms with Crippen LogP contribution in [0.25, 0.3) is 0 Å². The van der Waals surface area contributed by atoms with E-state index in [4.69, 9.17) is 9.47 Å². The van der Waals surface area contributed by atoms with Crippen LogP contribution in [-0.2, 0) is 9.47 Å². The van der Waals surface area contributed by atoms with Crippen LogP contribution in [0.3, 0.4) is 0 Å². The molecule has 0 bridgehead atoms. The van der Waals surface area contributed by atoms with Gasteiger partial charge in [-0.15, -0.1) is 0 Å². The average Bonchev–Trinajstić information content (AvgIpc) is 2.42. The molecule has 0 aliphatic heterocycles. The largest absolute Gasteiger partial charge is 1.00 e. The van der Waals surface area contributed by atoms with Crippen molar-refractivity contribution in [2.45, 2.75) is 26.1 Å². The molecule has 0 aliphatic carbocycles. The van der Waals surface area contributed by atoms with Gasteiger partial charge in [-0.25, -0.2) is 9.59 Å². The molecular formula is C20H34I2N2O4. The number of esters is 2. The Hall–Kier alpha value is -0.460. The van der Waals surface area contributed by atoms with Crippen molar-refractivity contribution in [1.82, 2.24) is 0 Å². The first-order valence-corrected chi connectivity index (χ1v) is 8.90. The Kier molecular flexibility index (Phi) is 13.0. The van der Waals surface area contributed by atoms with Crippen molar-refractivity contribution in [2.24, 2.45) is 0 Å². The molecule has 1 aromatic rings. The summed E-state index contributed by atoms with van der Waals surface area (Å²) in [5.74, 6) is -1.00. The van der Waals surface area contributed by atoms with Crippen LogP contribution < -0.4 is 48.0 Å². The first kappa shape index (κ1) is 29.7. The number of benzene rings is 1. The molecule has 28 heavy (non-hydrogen) atoms. The summed E-state index contributed by atoms with van der Waals surface area (Å²) < 4.78 is 12.4. The minimum Gasteiger partial charge on any atom is -1.00 e. The first-order valence-electron chi connectivity index (χ1n) is 8.90. The van der Waals surface area contributed by atoms with E-state index in [-0.39, 0.29) is 71.3 Å². The maximum atomic E-state index is 12.5. The van der Waals surface area contributed by atoms with E-state index in [9.17, 15) is 9.59 Å². The zero-order valence-electron chi connectivity index (χ0n) is 18.2. The van der Waals surface area contributed by atoms with Crippen LogP contribution >= 0.6 is 0 Å². The second-order valence-corrected chi connectivity index (χ2v) is 8.92. The Morgan fingerprint density at radius 1 is 0.750 bits per heavy atom. The number of likely N-dealkylation sites (N-methyl/N-ethyl adjacent to an activating group) is 2. The first-order chi connectivity index (χ1) is 11.8. The number of carbonyl (C=O) groups excluding carboxylic acids is 2. The molecule has 0 aromatic heterocycles. The highest BCUT2D eigenvalue weighted by molar-refractivity contribution is 6.03. The fraction of sp³-hybridized carbons (Fsp3) is 0.600. The molecule has 0 heterocycles. The molecule has 1 rings (SSSR count). The summed E-state index contributed by atoms with van der Waals surface area (Å²) in [5, 5.41) is 0. The van der Waals surface area contributed by atoms with Gasteiger partial charge < -0.3 is 66.4 Å². The molecule has 1 aromatic carbocycles. The summed E-state index contributed by atoms with van der Waals surface area (Å²) in [7, 11) is 12.2. The molecule has 162 valence electrons. The predicted molar refractivity (Wildman–Crippen MR) is 102 cm³/mol. The number of hydrogen-bond acceptors (Lipinski definition) is 4. The smallest absolute Gasteiger partial charge is 0.339 e. The number of quaternary nitrogens is 2. The van der Waals surface area contributed by atoms with E-state index in [1.807, 2.05) is 56.1 Å². The standard InChI is InChI=1S/C20H34N2O4.2HI/c1-15(13-21(3,4)5)25-19(23)17-11-9-10-12-18(17)20(24)26-16(2)14-22(6,7)8;;/h9-12,15-16H,13-14H2,1-8H3;2*1H/q+2;;/p-2. The Labute approximate surface area is 203 Å². The maximum absolute atomic E-state index is 12.5. The Morgan fingerprint density at radius 3 is 1.29 bits per heavy atom. The zero-order valence-corrected chi connectivity index (χ0v) is 22.5. The van der Waals surface area contributed by atoms with Gasteiger partial charge in [0.25, 0.3) is 0 Å². The van der Waals surface area contributed by atoms with E-state index in [1.165, 1.54) is 0 Å². The van der Waals surface area contributed by atoms with E-state index >= 15 is 0 Å². The topological polar surface area (TPSA) is 52.6 Å². The predicted octanol–water partition coefficient (Wildman–Crippen LogP) is -3.80. The van der Waals surface area contributed by atoms with Gasteiger partial charge in [0.2, 0.25) is 0 Å². The van der Waals surface area contributed by atoms with Gasteiger partial charge in [0.15, 0.2) is 0 Å². The van der Waals surface area contributed by atoms with Gasteiger partial charge in [-0.2, -0.15) is 0 Å². The quantitative estimate of drug-likeness (QED) is 0.170. The molecule has 0 radical (unpaired) electrons. The second kappa shape index (κ2) is 12.3. The molecule has 2 unspecified atom stereocenters. The summed E-state index contributed by atoms with van der Waals surface area (Å²) in [6.45, 7) is 5.06. The number of nitrogens with zero attached hydrogens (tertiary/aromatic N) is 2. The third-order valence-electron chi connectivity index (χ3n) is 3.59. The fourth-order valence-corrected chi connectivity index (χ4v) is 2.95. The SMILES string of the molecule is CC(C[N+](C)(C)C)OC(=O)c1ccccc1C(=O)OC(C)C[N+](C)(C)C.[I-].[I-]. The molecule has 0 amide bonds. The zero-order chi connectivity index (χ0) is 20.1. The molecule has 0 saturated heterocycles. The van der Waals surface area contributed by atoms with Crippen LogP contribution in [0.2, 0.25) is 0 Å². The third-order valence-corrected chi connectivity index (χ3v) is 3.59. The Balaban J connectivity index is 0. The molecule has 0 N–H and O–H groups in total. The number of carbonyl (C=O) groups is 2. The van der Waals surface area contributed by atoms with Crippen LogP contribution in [0.15, 0.2) is 24.3 Å². The van der Waals surface area contributed by atoms with Crippen LogP contribution in [-0.4, -0.2) is 88.5 Å². The number of halogens is 2. The van der Waals surface area contributed by atoms with Crippen molar-refractivity contribution in [1.29, 1.82) is 0 Å². The molecule has 0 spiro atoms.